The molecule has 0 aromatic carbocycles. The SMILES string of the molecule is CCNC(=NCC1CC1(C)C)N1CCC(OC(C)(C)C)CC1. The third-order valence-corrected chi connectivity index (χ3v) is 4.78. The molecule has 1 N–H and O–H groups in total. The van der Waals surface area contributed by atoms with Crippen LogP contribution in [0.15, 0.2) is 4.99 Å². The number of aliphatic imine (C=N–C) groups is 1. The molecule has 2 fully saturated rings. The van der Waals surface area contributed by atoms with Crippen molar-refractivity contribution in [3.63, 3.8) is 0 Å². The molecule has 2 rings (SSSR count). The van der Waals surface area contributed by atoms with Gasteiger partial charge in [0.1, 0.15) is 0 Å². The summed E-state index contributed by atoms with van der Waals surface area (Å²) in [5, 5.41) is 3.46. The van der Waals surface area contributed by atoms with Crippen LogP contribution in [0.3, 0.4) is 0 Å². The summed E-state index contributed by atoms with van der Waals surface area (Å²) in [6.45, 7) is 17.2. The van der Waals surface area contributed by atoms with Gasteiger partial charge < -0.3 is 15.0 Å². The van der Waals surface area contributed by atoms with E-state index in [2.05, 4.69) is 51.8 Å². The first kappa shape index (κ1) is 17.6. The molecule has 0 spiro atoms. The van der Waals surface area contributed by atoms with E-state index in [0.29, 0.717) is 11.5 Å². The molecule has 0 amide bonds. The first-order valence-electron chi connectivity index (χ1n) is 8.92. The van der Waals surface area contributed by atoms with Crippen molar-refractivity contribution in [2.24, 2.45) is 16.3 Å². The fourth-order valence-electron chi connectivity index (χ4n) is 3.20. The van der Waals surface area contributed by atoms with Crippen molar-refractivity contribution in [3.05, 3.63) is 0 Å². The van der Waals surface area contributed by atoms with Gasteiger partial charge in [-0.05, 0) is 58.3 Å². The molecule has 1 aliphatic heterocycles. The molecule has 2 aliphatic rings. The second kappa shape index (κ2) is 6.77. The van der Waals surface area contributed by atoms with Gasteiger partial charge in [0.2, 0.25) is 0 Å². The highest BCUT2D eigenvalue weighted by Gasteiger charge is 2.45. The van der Waals surface area contributed by atoms with Crippen LogP contribution in [-0.2, 0) is 4.74 Å². The van der Waals surface area contributed by atoms with Crippen molar-refractivity contribution in [2.45, 2.75) is 72.5 Å². The summed E-state index contributed by atoms with van der Waals surface area (Å²) < 4.78 is 6.12. The number of rotatable bonds is 4. The van der Waals surface area contributed by atoms with Crippen molar-refractivity contribution >= 4 is 5.96 Å². The van der Waals surface area contributed by atoms with Crippen LogP contribution in [0.5, 0.6) is 0 Å². The number of ether oxygens (including phenoxy) is 1. The Balaban J connectivity index is 1.84. The van der Waals surface area contributed by atoms with Gasteiger partial charge in [-0.25, -0.2) is 0 Å². The second-order valence-electron chi connectivity index (χ2n) is 8.50. The van der Waals surface area contributed by atoms with E-state index in [1.807, 2.05) is 0 Å². The zero-order chi connectivity index (χ0) is 16.4. The number of guanidine groups is 1. The van der Waals surface area contributed by atoms with E-state index in [-0.39, 0.29) is 5.60 Å². The van der Waals surface area contributed by atoms with E-state index in [0.717, 1.165) is 50.9 Å². The van der Waals surface area contributed by atoms with Crippen molar-refractivity contribution in [3.8, 4) is 0 Å². The summed E-state index contributed by atoms with van der Waals surface area (Å²) in [7, 11) is 0. The van der Waals surface area contributed by atoms with E-state index in [4.69, 9.17) is 9.73 Å². The van der Waals surface area contributed by atoms with Crippen LogP contribution in [-0.4, -0.2) is 48.7 Å². The van der Waals surface area contributed by atoms with Gasteiger partial charge in [-0.3, -0.25) is 4.99 Å². The average molecular weight is 309 g/mol. The topological polar surface area (TPSA) is 36.9 Å². The number of hydrogen-bond acceptors (Lipinski definition) is 2. The Morgan fingerprint density at radius 3 is 2.32 bits per heavy atom. The second-order valence-corrected chi connectivity index (χ2v) is 8.50. The quantitative estimate of drug-likeness (QED) is 0.639. The minimum Gasteiger partial charge on any atom is -0.372 e. The monoisotopic (exact) mass is 309 g/mol. The van der Waals surface area contributed by atoms with Gasteiger partial charge in [0.15, 0.2) is 5.96 Å². The smallest absolute Gasteiger partial charge is 0.193 e. The molecule has 0 aromatic heterocycles. The Morgan fingerprint density at radius 2 is 1.86 bits per heavy atom. The Morgan fingerprint density at radius 1 is 1.27 bits per heavy atom. The van der Waals surface area contributed by atoms with Crippen molar-refractivity contribution < 1.29 is 4.74 Å². The van der Waals surface area contributed by atoms with E-state index >= 15 is 0 Å². The molecule has 1 heterocycles. The number of piperidine rings is 1. The number of nitrogens with zero attached hydrogens (tertiary/aromatic N) is 2. The lowest BCUT2D eigenvalue weighted by molar-refractivity contribution is -0.0772. The lowest BCUT2D eigenvalue weighted by Gasteiger charge is -2.37. The molecule has 128 valence electrons. The van der Waals surface area contributed by atoms with Crippen LogP contribution in [0.2, 0.25) is 0 Å². The van der Waals surface area contributed by atoms with Crippen LogP contribution in [0.25, 0.3) is 0 Å². The van der Waals surface area contributed by atoms with Gasteiger partial charge in [-0.15, -0.1) is 0 Å². The average Bonchev–Trinajstić information content (AvgIpc) is 3.01. The first-order valence-corrected chi connectivity index (χ1v) is 8.92. The maximum atomic E-state index is 6.12. The van der Waals surface area contributed by atoms with E-state index < -0.39 is 0 Å². The third kappa shape index (κ3) is 5.15. The molecule has 1 atom stereocenters. The highest BCUT2D eigenvalue weighted by molar-refractivity contribution is 5.80. The minimum absolute atomic E-state index is 0.0387. The Hall–Kier alpha value is -0.770. The third-order valence-electron chi connectivity index (χ3n) is 4.78. The van der Waals surface area contributed by atoms with Gasteiger partial charge in [-0.2, -0.15) is 0 Å². The molecular weight excluding hydrogens is 274 g/mol. The standard InChI is InChI=1S/C18H35N3O/c1-7-19-16(20-13-14-12-18(14,5)6)21-10-8-15(9-11-21)22-17(2,3)4/h14-15H,7-13H2,1-6H3,(H,19,20). The van der Waals surface area contributed by atoms with Crippen molar-refractivity contribution in [2.75, 3.05) is 26.2 Å². The molecule has 22 heavy (non-hydrogen) atoms. The molecule has 0 aromatic rings. The molecular formula is C18H35N3O. The summed E-state index contributed by atoms with van der Waals surface area (Å²) in [6, 6.07) is 0. The lowest BCUT2D eigenvalue weighted by atomic mass is 10.1. The Labute approximate surface area is 136 Å². The van der Waals surface area contributed by atoms with Crippen LogP contribution >= 0.6 is 0 Å². The lowest BCUT2D eigenvalue weighted by Crippen LogP contribution is -2.48. The van der Waals surface area contributed by atoms with E-state index in [9.17, 15) is 0 Å². The predicted molar refractivity (Wildman–Crippen MR) is 93.3 cm³/mol. The highest BCUT2D eigenvalue weighted by atomic mass is 16.5. The van der Waals surface area contributed by atoms with Crippen molar-refractivity contribution in [1.82, 2.24) is 10.2 Å². The van der Waals surface area contributed by atoms with Gasteiger partial charge in [0.25, 0.3) is 0 Å². The molecule has 4 nitrogen and oxygen atoms in total. The summed E-state index contributed by atoms with van der Waals surface area (Å²) in [5.74, 6) is 1.86. The maximum absolute atomic E-state index is 6.12. The summed E-state index contributed by atoms with van der Waals surface area (Å²) in [6.07, 6.45) is 3.89. The first-order chi connectivity index (χ1) is 10.2. The Kier molecular flexibility index (Phi) is 5.41. The highest BCUT2D eigenvalue weighted by Crippen LogP contribution is 2.51. The number of nitrogens with one attached hydrogen (secondary N) is 1. The number of likely N-dealkylation sites (tertiary alicyclic amines) is 1. The summed E-state index contributed by atoms with van der Waals surface area (Å²) in [5.41, 5.74) is 0.470. The molecule has 1 unspecified atom stereocenters. The van der Waals surface area contributed by atoms with Crippen LogP contribution in [0, 0.1) is 11.3 Å². The maximum Gasteiger partial charge on any atom is 0.193 e. The normalized spacial score (nSPS) is 26.2. The van der Waals surface area contributed by atoms with Crippen molar-refractivity contribution in [1.29, 1.82) is 0 Å². The Bertz CT molecular complexity index is 390. The zero-order valence-electron chi connectivity index (χ0n) is 15.4. The minimum atomic E-state index is -0.0387. The molecule has 0 bridgehead atoms. The predicted octanol–water partition coefficient (Wildman–Crippen LogP) is 3.28. The molecule has 0 radical (unpaired) electrons. The summed E-state index contributed by atoms with van der Waals surface area (Å²) in [4.78, 5) is 7.29. The molecule has 1 saturated carbocycles. The zero-order valence-corrected chi connectivity index (χ0v) is 15.4. The van der Waals surface area contributed by atoms with Crippen LogP contribution in [0.4, 0.5) is 0 Å². The van der Waals surface area contributed by atoms with Gasteiger partial charge in [0, 0.05) is 26.2 Å². The van der Waals surface area contributed by atoms with Gasteiger partial charge >= 0.3 is 0 Å². The van der Waals surface area contributed by atoms with Crippen LogP contribution < -0.4 is 5.32 Å². The van der Waals surface area contributed by atoms with Crippen LogP contribution in [0.1, 0.15) is 60.8 Å². The van der Waals surface area contributed by atoms with E-state index in [1.54, 1.807) is 0 Å². The van der Waals surface area contributed by atoms with Gasteiger partial charge in [0.05, 0.1) is 11.7 Å². The fourth-order valence-corrected chi connectivity index (χ4v) is 3.20. The largest absolute Gasteiger partial charge is 0.372 e. The molecule has 1 saturated heterocycles. The summed E-state index contributed by atoms with van der Waals surface area (Å²) >= 11 is 0. The van der Waals surface area contributed by atoms with Gasteiger partial charge in [-0.1, -0.05) is 13.8 Å². The fraction of sp³-hybridized carbons (Fsp3) is 0.944. The molecule has 4 heteroatoms. The number of hydrogen-bond donors (Lipinski definition) is 1. The molecule has 1 aliphatic carbocycles. The van der Waals surface area contributed by atoms with E-state index in [1.165, 1.54) is 6.42 Å².